The zero-order valence-electron chi connectivity index (χ0n) is 18.6. The summed E-state index contributed by atoms with van der Waals surface area (Å²) >= 11 is 1.80. The summed E-state index contributed by atoms with van der Waals surface area (Å²) in [4.78, 5) is 42.7. The van der Waals surface area contributed by atoms with E-state index in [0.29, 0.717) is 19.7 Å². The van der Waals surface area contributed by atoms with Crippen molar-refractivity contribution in [2.45, 2.75) is 46.6 Å². The summed E-state index contributed by atoms with van der Waals surface area (Å²) in [6, 6.07) is 0. The molecule has 0 unspecified atom stereocenters. The summed E-state index contributed by atoms with van der Waals surface area (Å²) in [5.74, 6) is 1.52. The highest BCUT2D eigenvalue weighted by Crippen LogP contribution is 2.39. The number of anilines is 1. The fourth-order valence-corrected chi connectivity index (χ4v) is 5.70. The van der Waals surface area contributed by atoms with Crippen molar-refractivity contribution < 1.29 is 14.3 Å². The van der Waals surface area contributed by atoms with E-state index in [2.05, 4.69) is 16.7 Å². The van der Waals surface area contributed by atoms with E-state index in [9.17, 15) is 9.59 Å². The van der Waals surface area contributed by atoms with Gasteiger partial charge in [-0.1, -0.05) is 6.92 Å². The Morgan fingerprint density at radius 3 is 2.55 bits per heavy atom. The average Bonchev–Trinajstić information content (AvgIpc) is 3.14. The summed E-state index contributed by atoms with van der Waals surface area (Å²) in [7, 11) is 0. The van der Waals surface area contributed by atoms with Crippen molar-refractivity contribution in [2.75, 3.05) is 50.8 Å². The van der Waals surface area contributed by atoms with Gasteiger partial charge in [-0.2, -0.15) is 0 Å². The molecule has 2 aromatic heterocycles. The molecule has 2 aliphatic rings. The van der Waals surface area contributed by atoms with Crippen molar-refractivity contribution >= 4 is 39.2 Å². The number of carbonyl (C=O) groups is 2. The fourth-order valence-electron chi connectivity index (χ4n) is 4.40. The molecule has 0 atom stereocenters. The SMILES string of the molecule is CCOC(=O)CCC(=O)N1CCN(c2nc(C)nc3sc4c(c23)CCN(CC)C4)CC1. The quantitative estimate of drug-likeness (QED) is 0.632. The molecule has 0 spiro atoms. The number of nitrogens with zero attached hydrogens (tertiary/aromatic N) is 5. The van der Waals surface area contributed by atoms with Crippen LogP contribution in [0.15, 0.2) is 0 Å². The molecule has 4 rings (SSSR count). The predicted molar refractivity (Wildman–Crippen MR) is 121 cm³/mol. The first-order valence-corrected chi connectivity index (χ1v) is 12.0. The molecular weight excluding hydrogens is 414 g/mol. The van der Waals surface area contributed by atoms with E-state index < -0.39 is 0 Å². The largest absolute Gasteiger partial charge is 0.466 e. The maximum absolute atomic E-state index is 12.5. The first kappa shape index (κ1) is 22.0. The van der Waals surface area contributed by atoms with Crippen LogP contribution < -0.4 is 4.90 Å². The molecule has 0 N–H and O–H groups in total. The number of hydrogen-bond donors (Lipinski definition) is 0. The van der Waals surface area contributed by atoms with E-state index in [4.69, 9.17) is 14.7 Å². The van der Waals surface area contributed by atoms with Crippen LogP contribution in [0.3, 0.4) is 0 Å². The molecule has 168 valence electrons. The van der Waals surface area contributed by atoms with Crippen molar-refractivity contribution in [3.05, 3.63) is 16.3 Å². The van der Waals surface area contributed by atoms with E-state index in [0.717, 1.165) is 55.6 Å². The van der Waals surface area contributed by atoms with E-state index >= 15 is 0 Å². The fraction of sp³-hybridized carbons (Fsp3) is 0.636. The Hall–Kier alpha value is -2.26. The Morgan fingerprint density at radius 2 is 1.84 bits per heavy atom. The molecule has 0 aromatic carbocycles. The number of likely N-dealkylation sites (N-methyl/N-ethyl adjacent to an activating group) is 1. The van der Waals surface area contributed by atoms with Crippen LogP contribution in [-0.2, 0) is 27.3 Å². The van der Waals surface area contributed by atoms with Gasteiger partial charge in [-0.15, -0.1) is 11.3 Å². The molecule has 2 aromatic rings. The van der Waals surface area contributed by atoms with Gasteiger partial charge in [-0.25, -0.2) is 9.97 Å². The van der Waals surface area contributed by atoms with Crippen LogP contribution in [0, 0.1) is 6.92 Å². The zero-order valence-corrected chi connectivity index (χ0v) is 19.5. The highest BCUT2D eigenvalue weighted by Gasteiger charge is 2.28. The molecular formula is C22H31N5O3S. The Labute approximate surface area is 187 Å². The number of carbonyl (C=O) groups excluding carboxylic acids is 2. The van der Waals surface area contributed by atoms with E-state index in [1.807, 2.05) is 11.8 Å². The van der Waals surface area contributed by atoms with E-state index in [1.165, 1.54) is 15.8 Å². The van der Waals surface area contributed by atoms with Gasteiger partial charge in [0.15, 0.2) is 0 Å². The van der Waals surface area contributed by atoms with Crippen LogP contribution in [0.5, 0.6) is 0 Å². The van der Waals surface area contributed by atoms with Gasteiger partial charge in [0, 0.05) is 50.6 Å². The summed E-state index contributed by atoms with van der Waals surface area (Å²) in [6.45, 7) is 12.2. The number of rotatable bonds is 6. The Kier molecular flexibility index (Phi) is 6.71. The summed E-state index contributed by atoms with van der Waals surface area (Å²) in [6.07, 6.45) is 1.39. The number of amides is 1. The van der Waals surface area contributed by atoms with Crippen molar-refractivity contribution in [3.63, 3.8) is 0 Å². The van der Waals surface area contributed by atoms with Gasteiger partial charge >= 0.3 is 5.97 Å². The summed E-state index contributed by atoms with van der Waals surface area (Å²) in [5, 5.41) is 1.21. The minimum atomic E-state index is -0.308. The lowest BCUT2D eigenvalue weighted by Crippen LogP contribution is -2.49. The third-order valence-electron chi connectivity index (χ3n) is 6.10. The van der Waals surface area contributed by atoms with E-state index in [-0.39, 0.29) is 24.7 Å². The number of fused-ring (bicyclic) bond motifs is 3. The van der Waals surface area contributed by atoms with Crippen molar-refractivity contribution in [2.24, 2.45) is 0 Å². The minimum absolute atomic E-state index is 0.0179. The average molecular weight is 446 g/mol. The molecule has 0 saturated carbocycles. The Balaban J connectivity index is 1.47. The van der Waals surface area contributed by atoms with Crippen LogP contribution in [0.2, 0.25) is 0 Å². The van der Waals surface area contributed by atoms with Crippen LogP contribution in [-0.4, -0.2) is 77.5 Å². The minimum Gasteiger partial charge on any atom is -0.466 e. The lowest BCUT2D eigenvalue weighted by molar-refractivity contribution is -0.145. The molecule has 9 heteroatoms. The molecule has 0 aliphatic carbocycles. The molecule has 0 radical (unpaired) electrons. The third kappa shape index (κ3) is 4.67. The number of aryl methyl sites for hydroxylation is 1. The van der Waals surface area contributed by atoms with Gasteiger partial charge in [0.1, 0.15) is 16.5 Å². The first-order chi connectivity index (χ1) is 15.0. The Morgan fingerprint density at radius 1 is 1.06 bits per heavy atom. The molecule has 1 fully saturated rings. The number of ether oxygens (including phenoxy) is 1. The lowest BCUT2D eigenvalue weighted by atomic mass is 10.0. The van der Waals surface area contributed by atoms with Crippen molar-refractivity contribution in [3.8, 4) is 0 Å². The van der Waals surface area contributed by atoms with Gasteiger partial charge in [0.25, 0.3) is 0 Å². The topological polar surface area (TPSA) is 78.9 Å². The van der Waals surface area contributed by atoms with E-state index in [1.54, 1.807) is 18.3 Å². The summed E-state index contributed by atoms with van der Waals surface area (Å²) in [5.41, 5.74) is 1.41. The number of hydrogen-bond acceptors (Lipinski definition) is 8. The van der Waals surface area contributed by atoms with Gasteiger partial charge in [-0.3, -0.25) is 14.5 Å². The number of aromatic nitrogens is 2. The summed E-state index contributed by atoms with van der Waals surface area (Å²) < 4.78 is 4.92. The second-order valence-corrected chi connectivity index (χ2v) is 9.15. The molecule has 8 nitrogen and oxygen atoms in total. The van der Waals surface area contributed by atoms with Crippen LogP contribution >= 0.6 is 11.3 Å². The van der Waals surface area contributed by atoms with Crippen LogP contribution in [0.25, 0.3) is 10.2 Å². The van der Waals surface area contributed by atoms with Gasteiger partial charge in [0.05, 0.1) is 18.4 Å². The van der Waals surface area contributed by atoms with Crippen LogP contribution in [0.4, 0.5) is 5.82 Å². The van der Waals surface area contributed by atoms with Gasteiger partial charge in [0.2, 0.25) is 5.91 Å². The number of thiophene rings is 1. The molecule has 4 heterocycles. The molecule has 0 bridgehead atoms. The molecule has 2 aliphatic heterocycles. The standard InChI is InChI=1S/C22H31N5O3S/c1-4-25-9-8-16-17(14-25)31-22-20(16)21(23-15(3)24-22)27-12-10-26(11-13-27)18(28)6-7-19(29)30-5-2/h4-14H2,1-3H3. The lowest BCUT2D eigenvalue weighted by Gasteiger charge is -2.36. The molecule has 1 amide bonds. The van der Waals surface area contributed by atoms with Crippen molar-refractivity contribution in [1.29, 1.82) is 0 Å². The molecule has 1 saturated heterocycles. The van der Waals surface area contributed by atoms with Crippen LogP contribution in [0.1, 0.15) is 43.0 Å². The first-order valence-electron chi connectivity index (χ1n) is 11.2. The number of piperazine rings is 1. The number of esters is 1. The third-order valence-corrected chi connectivity index (χ3v) is 7.21. The maximum Gasteiger partial charge on any atom is 0.306 e. The van der Waals surface area contributed by atoms with Crippen molar-refractivity contribution in [1.82, 2.24) is 19.8 Å². The smallest absolute Gasteiger partial charge is 0.306 e. The second-order valence-electron chi connectivity index (χ2n) is 8.07. The van der Waals surface area contributed by atoms with Gasteiger partial charge < -0.3 is 14.5 Å². The highest BCUT2D eigenvalue weighted by atomic mass is 32.1. The Bertz CT molecular complexity index is 968. The predicted octanol–water partition coefficient (Wildman–Crippen LogP) is 2.37. The normalized spacial score (nSPS) is 17.1. The monoisotopic (exact) mass is 445 g/mol. The second kappa shape index (κ2) is 9.48. The molecule has 31 heavy (non-hydrogen) atoms. The highest BCUT2D eigenvalue weighted by molar-refractivity contribution is 7.19. The zero-order chi connectivity index (χ0) is 22.0. The van der Waals surface area contributed by atoms with Gasteiger partial charge in [-0.05, 0) is 32.4 Å². The maximum atomic E-state index is 12.5.